The third-order valence-electron chi connectivity index (χ3n) is 6.51. The average Bonchev–Trinajstić information content (AvgIpc) is 2.78. The molecule has 2 aliphatic heterocycles. The number of aromatic hydroxyl groups is 3. The van der Waals surface area contributed by atoms with E-state index in [1.54, 1.807) is 12.2 Å². The first-order valence-electron chi connectivity index (χ1n) is 12.2. The lowest BCUT2D eigenvalue weighted by Crippen LogP contribution is -2.29. The number of allylic oxidation sites excluding steroid dienone is 3. The van der Waals surface area contributed by atoms with Crippen LogP contribution < -0.4 is 14.9 Å². The van der Waals surface area contributed by atoms with Gasteiger partial charge in [0.15, 0.2) is 11.5 Å². The van der Waals surface area contributed by atoms with E-state index < -0.39 is 17.1 Å². The van der Waals surface area contributed by atoms with Gasteiger partial charge in [-0.25, -0.2) is 0 Å². The van der Waals surface area contributed by atoms with E-state index in [9.17, 15) is 20.1 Å². The van der Waals surface area contributed by atoms with Crippen LogP contribution in [-0.2, 0) is 6.42 Å². The molecule has 1 aromatic heterocycles. The van der Waals surface area contributed by atoms with Crippen molar-refractivity contribution in [3.05, 3.63) is 68.4 Å². The van der Waals surface area contributed by atoms with E-state index in [4.69, 9.17) is 13.9 Å². The first kappa shape index (κ1) is 24.6. The summed E-state index contributed by atoms with van der Waals surface area (Å²) in [5, 5.41) is 31.7. The van der Waals surface area contributed by atoms with Gasteiger partial charge in [-0.05, 0) is 72.3 Å². The second kappa shape index (κ2) is 8.47. The van der Waals surface area contributed by atoms with Crippen LogP contribution in [0.25, 0.3) is 28.4 Å². The van der Waals surface area contributed by atoms with Gasteiger partial charge in [-0.3, -0.25) is 4.79 Å². The van der Waals surface area contributed by atoms with Gasteiger partial charge in [-0.2, -0.15) is 0 Å². The molecular weight excluding hydrogens is 472 g/mol. The Morgan fingerprint density at radius 1 is 1.05 bits per heavy atom. The molecule has 5 rings (SSSR count). The monoisotopic (exact) mass is 502 g/mol. The van der Waals surface area contributed by atoms with Crippen LogP contribution in [0.3, 0.4) is 0 Å². The van der Waals surface area contributed by atoms with E-state index in [0.717, 1.165) is 11.1 Å². The number of hydrogen-bond donors (Lipinski definition) is 3. The van der Waals surface area contributed by atoms with Gasteiger partial charge in [0.25, 0.3) is 0 Å². The first-order chi connectivity index (χ1) is 17.4. The summed E-state index contributed by atoms with van der Waals surface area (Å²) in [6, 6.07) is 2.61. The van der Waals surface area contributed by atoms with Gasteiger partial charge in [0, 0.05) is 11.6 Å². The molecule has 1 atom stereocenters. The van der Waals surface area contributed by atoms with Crippen molar-refractivity contribution < 1.29 is 29.2 Å². The number of hydrogen-bond acceptors (Lipinski definition) is 7. The Kier molecular flexibility index (Phi) is 5.62. The van der Waals surface area contributed by atoms with E-state index >= 15 is 0 Å². The highest BCUT2D eigenvalue weighted by atomic mass is 16.5. The van der Waals surface area contributed by atoms with Crippen LogP contribution in [0.2, 0.25) is 0 Å². The Bertz CT molecular complexity index is 1610. The van der Waals surface area contributed by atoms with Gasteiger partial charge in [-0.1, -0.05) is 17.2 Å². The molecule has 37 heavy (non-hydrogen) atoms. The predicted octanol–water partition coefficient (Wildman–Crippen LogP) is 6.67. The molecule has 0 spiro atoms. The first-order valence-corrected chi connectivity index (χ1v) is 12.2. The summed E-state index contributed by atoms with van der Waals surface area (Å²) in [4.78, 5) is 14.1. The molecule has 2 aromatic carbocycles. The van der Waals surface area contributed by atoms with E-state index in [-0.39, 0.29) is 45.3 Å². The summed E-state index contributed by atoms with van der Waals surface area (Å²) >= 11 is 0. The minimum absolute atomic E-state index is 0.0461. The topological polar surface area (TPSA) is 109 Å². The van der Waals surface area contributed by atoms with Crippen LogP contribution in [0.1, 0.15) is 64.3 Å². The van der Waals surface area contributed by atoms with Crippen molar-refractivity contribution in [3.63, 3.8) is 0 Å². The summed E-state index contributed by atoms with van der Waals surface area (Å²) in [6.07, 6.45) is 6.99. The van der Waals surface area contributed by atoms with Crippen LogP contribution in [-0.4, -0.2) is 20.9 Å². The Morgan fingerprint density at radius 3 is 2.43 bits per heavy atom. The molecule has 2 aliphatic rings. The van der Waals surface area contributed by atoms with E-state index in [1.165, 1.54) is 12.1 Å². The standard InChI is InChI=1S/C30H30O7/c1-14(2)7-8-17-27-16(9-10-30(5,6)37-27)25(33)24-26(34)23-22(11-15(3)4)35-21-13-20(32)19(31)12-18(21)29(23)36-28(17)24/h7,9-13,22,31-33H,8H2,1-6H3/t22-/m1/s1. The molecule has 0 fully saturated rings. The van der Waals surface area contributed by atoms with Crippen molar-refractivity contribution >= 4 is 17.0 Å². The lowest BCUT2D eigenvalue weighted by molar-refractivity contribution is 0.157. The fourth-order valence-corrected chi connectivity index (χ4v) is 4.74. The number of fused-ring (bicyclic) bond motifs is 5. The van der Waals surface area contributed by atoms with Gasteiger partial charge in [-0.15, -0.1) is 0 Å². The molecular formula is C30H30O7. The second-order valence-corrected chi connectivity index (χ2v) is 10.6. The maximum atomic E-state index is 14.1. The normalized spacial score (nSPS) is 16.6. The van der Waals surface area contributed by atoms with Crippen molar-refractivity contribution in [2.75, 3.05) is 0 Å². The van der Waals surface area contributed by atoms with Crippen LogP contribution in [0.15, 0.2) is 50.7 Å². The summed E-state index contributed by atoms with van der Waals surface area (Å²) in [5.41, 5.74) is 2.72. The second-order valence-electron chi connectivity index (χ2n) is 10.6. The highest BCUT2D eigenvalue weighted by Gasteiger charge is 2.36. The fraction of sp³-hybridized carbons (Fsp3) is 0.300. The summed E-state index contributed by atoms with van der Waals surface area (Å²) < 4.78 is 18.9. The Balaban J connectivity index is 1.95. The summed E-state index contributed by atoms with van der Waals surface area (Å²) in [6.45, 7) is 11.5. The van der Waals surface area contributed by atoms with Crippen molar-refractivity contribution in [1.82, 2.24) is 0 Å². The molecule has 3 N–H and O–H groups in total. The minimum atomic E-state index is -0.820. The largest absolute Gasteiger partial charge is 0.506 e. The van der Waals surface area contributed by atoms with E-state index in [0.29, 0.717) is 28.9 Å². The number of ether oxygens (including phenoxy) is 2. The van der Waals surface area contributed by atoms with Gasteiger partial charge >= 0.3 is 0 Å². The van der Waals surface area contributed by atoms with Crippen LogP contribution in [0.4, 0.5) is 0 Å². The minimum Gasteiger partial charge on any atom is -0.506 e. The third-order valence-corrected chi connectivity index (χ3v) is 6.51. The molecule has 3 heterocycles. The molecule has 3 aromatic rings. The zero-order valence-corrected chi connectivity index (χ0v) is 21.7. The average molecular weight is 503 g/mol. The number of phenols is 3. The molecule has 7 nitrogen and oxygen atoms in total. The van der Waals surface area contributed by atoms with Crippen molar-refractivity contribution in [2.24, 2.45) is 0 Å². The molecule has 192 valence electrons. The molecule has 0 unspecified atom stereocenters. The number of benzene rings is 2. The third kappa shape index (κ3) is 4.04. The molecule has 0 saturated carbocycles. The van der Waals surface area contributed by atoms with Gasteiger partial charge < -0.3 is 29.2 Å². The van der Waals surface area contributed by atoms with Crippen molar-refractivity contribution in [2.45, 2.75) is 59.7 Å². The van der Waals surface area contributed by atoms with Crippen molar-refractivity contribution in [1.29, 1.82) is 0 Å². The lowest BCUT2D eigenvalue weighted by Gasteiger charge is -2.31. The van der Waals surface area contributed by atoms with Crippen LogP contribution >= 0.6 is 0 Å². The quantitative estimate of drug-likeness (QED) is 0.271. The highest BCUT2D eigenvalue weighted by Crippen LogP contribution is 2.50. The maximum absolute atomic E-state index is 14.1. The summed E-state index contributed by atoms with van der Waals surface area (Å²) in [5.74, 6) is -0.00454. The fourth-order valence-electron chi connectivity index (χ4n) is 4.74. The molecule has 0 aliphatic carbocycles. The van der Waals surface area contributed by atoms with Gasteiger partial charge in [0.05, 0.1) is 16.7 Å². The SMILES string of the molecule is CC(C)=CCc1c2c(c(O)c3c(=O)c4c(oc13)-c1cc(O)c(O)cc1O[C@@H]4C=C(C)C)C=CC(C)(C)O2. The number of phenolic OH excluding ortho intramolecular Hbond substituents is 3. The van der Waals surface area contributed by atoms with Gasteiger partial charge in [0.2, 0.25) is 5.43 Å². The lowest BCUT2D eigenvalue weighted by atomic mass is 9.91. The Morgan fingerprint density at radius 2 is 1.76 bits per heavy atom. The zero-order valence-electron chi connectivity index (χ0n) is 21.7. The Labute approximate surface area is 214 Å². The number of rotatable bonds is 3. The van der Waals surface area contributed by atoms with Crippen LogP contribution in [0.5, 0.6) is 28.7 Å². The molecule has 7 heteroatoms. The molecule has 0 radical (unpaired) electrons. The maximum Gasteiger partial charge on any atom is 0.204 e. The van der Waals surface area contributed by atoms with Crippen LogP contribution in [0, 0.1) is 0 Å². The molecule has 0 amide bonds. The zero-order chi connectivity index (χ0) is 26.8. The highest BCUT2D eigenvalue weighted by molar-refractivity contribution is 5.96. The summed E-state index contributed by atoms with van der Waals surface area (Å²) in [7, 11) is 0. The predicted molar refractivity (Wildman–Crippen MR) is 143 cm³/mol. The Hall–Kier alpha value is -4.13. The molecule has 0 bridgehead atoms. The van der Waals surface area contributed by atoms with Crippen molar-refractivity contribution in [3.8, 4) is 40.1 Å². The van der Waals surface area contributed by atoms with Gasteiger partial charge in [0.1, 0.15) is 45.7 Å². The van der Waals surface area contributed by atoms with E-state index in [2.05, 4.69) is 0 Å². The smallest absolute Gasteiger partial charge is 0.204 e. The van der Waals surface area contributed by atoms with E-state index in [1.807, 2.05) is 53.7 Å². The molecule has 0 saturated heterocycles.